The van der Waals surface area contributed by atoms with E-state index < -0.39 is 6.10 Å². The van der Waals surface area contributed by atoms with Gasteiger partial charge in [-0.05, 0) is 49.7 Å². The van der Waals surface area contributed by atoms with Gasteiger partial charge < -0.3 is 9.84 Å². The molecule has 0 saturated heterocycles. The van der Waals surface area contributed by atoms with E-state index in [9.17, 15) is 9.50 Å². The van der Waals surface area contributed by atoms with Gasteiger partial charge in [-0.1, -0.05) is 6.07 Å². The fourth-order valence-electron chi connectivity index (χ4n) is 2.23. The van der Waals surface area contributed by atoms with Crippen LogP contribution in [0, 0.1) is 5.82 Å². The van der Waals surface area contributed by atoms with E-state index in [1.54, 1.807) is 18.3 Å². The molecule has 23 heavy (non-hydrogen) atoms. The first kappa shape index (κ1) is 17.4. The first-order valence-corrected chi connectivity index (χ1v) is 7.74. The van der Waals surface area contributed by atoms with Crippen LogP contribution < -0.4 is 4.74 Å². The van der Waals surface area contributed by atoms with Gasteiger partial charge >= 0.3 is 0 Å². The van der Waals surface area contributed by atoms with Crippen molar-refractivity contribution in [1.29, 1.82) is 0 Å². The van der Waals surface area contributed by atoms with Crippen molar-refractivity contribution in [3.8, 4) is 5.75 Å². The van der Waals surface area contributed by atoms with Crippen molar-refractivity contribution in [3.05, 3.63) is 60.2 Å². The number of hydrogen-bond acceptors (Lipinski definition) is 4. The number of rotatable bonds is 8. The molecule has 1 unspecified atom stereocenters. The largest absolute Gasteiger partial charge is 0.491 e. The Morgan fingerprint density at radius 3 is 2.57 bits per heavy atom. The zero-order valence-electron chi connectivity index (χ0n) is 13.5. The summed E-state index contributed by atoms with van der Waals surface area (Å²) in [6.45, 7) is 5.56. The molecule has 1 aromatic heterocycles. The number of aromatic nitrogens is 1. The molecule has 124 valence electrons. The summed E-state index contributed by atoms with van der Waals surface area (Å²) in [5, 5.41) is 10.2. The van der Waals surface area contributed by atoms with Crippen LogP contribution in [0.2, 0.25) is 0 Å². The Morgan fingerprint density at radius 1 is 1.22 bits per heavy atom. The molecule has 0 aliphatic carbocycles. The lowest BCUT2D eigenvalue weighted by molar-refractivity contribution is 0.0542. The second-order valence-corrected chi connectivity index (χ2v) is 5.80. The summed E-state index contributed by atoms with van der Waals surface area (Å²) in [7, 11) is 0. The van der Waals surface area contributed by atoms with Crippen LogP contribution in [-0.4, -0.2) is 40.3 Å². The van der Waals surface area contributed by atoms with Crippen LogP contribution in [0.5, 0.6) is 5.75 Å². The highest BCUT2D eigenvalue weighted by Crippen LogP contribution is 2.12. The minimum atomic E-state index is -0.626. The predicted molar refractivity (Wildman–Crippen MR) is 87.7 cm³/mol. The van der Waals surface area contributed by atoms with E-state index >= 15 is 0 Å². The van der Waals surface area contributed by atoms with Gasteiger partial charge in [-0.3, -0.25) is 9.88 Å². The third-order valence-corrected chi connectivity index (χ3v) is 3.54. The molecule has 0 saturated carbocycles. The number of benzene rings is 1. The monoisotopic (exact) mass is 318 g/mol. The van der Waals surface area contributed by atoms with Gasteiger partial charge in [0.05, 0.1) is 0 Å². The van der Waals surface area contributed by atoms with Crippen molar-refractivity contribution in [2.75, 3.05) is 13.2 Å². The normalized spacial score (nSPS) is 12.6. The third kappa shape index (κ3) is 5.96. The van der Waals surface area contributed by atoms with Crippen LogP contribution in [0.1, 0.15) is 19.4 Å². The summed E-state index contributed by atoms with van der Waals surface area (Å²) in [5.41, 5.74) is 1.10. The SMILES string of the molecule is CC(C)N(Cc1cccnc1)CC(O)COc1ccc(F)cc1. The minimum Gasteiger partial charge on any atom is -0.491 e. The molecule has 0 aliphatic rings. The maximum Gasteiger partial charge on any atom is 0.123 e. The van der Waals surface area contributed by atoms with Gasteiger partial charge in [0.2, 0.25) is 0 Å². The average molecular weight is 318 g/mol. The van der Waals surface area contributed by atoms with Crippen LogP contribution in [0.15, 0.2) is 48.8 Å². The van der Waals surface area contributed by atoms with E-state index in [-0.39, 0.29) is 18.5 Å². The number of nitrogens with zero attached hydrogens (tertiary/aromatic N) is 2. The van der Waals surface area contributed by atoms with Crippen molar-refractivity contribution < 1.29 is 14.2 Å². The number of aliphatic hydroxyl groups is 1. The van der Waals surface area contributed by atoms with Crippen molar-refractivity contribution in [3.63, 3.8) is 0 Å². The van der Waals surface area contributed by atoms with Crippen molar-refractivity contribution >= 4 is 0 Å². The van der Waals surface area contributed by atoms with E-state index in [1.165, 1.54) is 12.1 Å². The van der Waals surface area contributed by atoms with Crippen molar-refractivity contribution in [1.82, 2.24) is 9.88 Å². The molecule has 2 rings (SSSR count). The molecule has 0 bridgehead atoms. The van der Waals surface area contributed by atoms with Gasteiger partial charge in [-0.25, -0.2) is 4.39 Å². The Labute approximate surface area is 136 Å². The zero-order valence-corrected chi connectivity index (χ0v) is 13.5. The molecule has 1 atom stereocenters. The summed E-state index contributed by atoms with van der Waals surface area (Å²) >= 11 is 0. The van der Waals surface area contributed by atoms with Gasteiger partial charge in [-0.2, -0.15) is 0 Å². The molecule has 0 radical (unpaired) electrons. The van der Waals surface area contributed by atoms with E-state index in [0.717, 1.165) is 12.1 Å². The second kappa shape index (κ2) is 8.60. The van der Waals surface area contributed by atoms with E-state index in [4.69, 9.17) is 4.74 Å². The molecule has 0 amide bonds. The zero-order chi connectivity index (χ0) is 16.7. The average Bonchev–Trinajstić information content (AvgIpc) is 2.54. The molecule has 2 aromatic rings. The highest BCUT2D eigenvalue weighted by atomic mass is 19.1. The van der Waals surface area contributed by atoms with E-state index in [0.29, 0.717) is 12.3 Å². The summed E-state index contributed by atoms with van der Waals surface area (Å²) in [6, 6.07) is 9.99. The summed E-state index contributed by atoms with van der Waals surface area (Å²) in [6.07, 6.45) is 2.95. The Bertz CT molecular complexity index is 575. The molecule has 0 aliphatic heterocycles. The maximum absolute atomic E-state index is 12.8. The second-order valence-electron chi connectivity index (χ2n) is 5.80. The lowest BCUT2D eigenvalue weighted by atomic mass is 10.2. The van der Waals surface area contributed by atoms with Crippen LogP contribution >= 0.6 is 0 Å². The van der Waals surface area contributed by atoms with Gasteiger partial charge in [0.1, 0.15) is 24.3 Å². The Hall–Kier alpha value is -1.98. The van der Waals surface area contributed by atoms with Crippen LogP contribution in [0.4, 0.5) is 4.39 Å². The fourth-order valence-corrected chi connectivity index (χ4v) is 2.23. The van der Waals surface area contributed by atoms with Gasteiger partial charge in [0, 0.05) is 31.5 Å². The Kier molecular flexibility index (Phi) is 6.50. The number of ether oxygens (including phenoxy) is 1. The van der Waals surface area contributed by atoms with Gasteiger partial charge in [0.25, 0.3) is 0 Å². The van der Waals surface area contributed by atoms with E-state index in [2.05, 4.69) is 23.7 Å². The summed E-state index contributed by atoms with van der Waals surface area (Å²) in [5.74, 6) is 0.245. The standard InChI is InChI=1S/C18H23FN2O2/c1-14(2)21(11-15-4-3-9-20-10-15)12-17(22)13-23-18-7-5-16(19)6-8-18/h3-10,14,17,22H,11-13H2,1-2H3. The van der Waals surface area contributed by atoms with Crippen LogP contribution in [0.25, 0.3) is 0 Å². The molecule has 1 N–H and O–H groups in total. The summed E-state index contributed by atoms with van der Waals surface area (Å²) < 4.78 is 18.3. The van der Waals surface area contributed by atoms with Crippen molar-refractivity contribution in [2.24, 2.45) is 0 Å². The minimum absolute atomic E-state index is 0.169. The van der Waals surface area contributed by atoms with Crippen LogP contribution in [-0.2, 0) is 6.54 Å². The molecule has 0 spiro atoms. The van der Waals surface area contributed by atoms with Gasteiger partial charge in [0.15, 0.2) is 0 Å². The lowest BCUT2D eigenvalue weighted by Gasteiger charge is -2.28. The number of aliphatic hydroxyl groups excluding tert-OH is 1. The highest BCUT2D eigenvalue weighted by molar-refractivity contribution is 5.22. The Balaban J connectivity index is 1.85. The third-order valence-electron chi connectivity index (χ3n) is 3.54. The topological polar surface area (TPSA) is 45.6 Å². The molecule has 0 fully saturated rings. The van der Waals surface area contributed by atoms with E-state index in [1.807, 2.05) is 18.3 Å². The highest BCUT2D eigenvalue weighted by Gasteiger charge is 2.16. The molecule has 1 heterocycles. The fraction of sp³-hybridized carbons (Fsp3) is 0.389. The first-order chi connectivity index (χ1) is 11.0. The molecular formula is C18H23FN2O2. The number of pyridine rings is 1. The summed E-state index contributed by atoms with van der Waals surface area (Å²) in [4.78, 5) is 6.28. The van der Waals surface area contributed by atoms with Crippen molar-refractivity contribution in [2.45, 2.75) is 32.5 Å². The smallest absolute Gasteiger partial charge is 0.123 e. The molecule has 4 nitrogen and oxygen atoms in total. The number of hydrogen-bond donors (Lipinski definition) is 1. The lowest BCUT2D eigenvalue weighted by Crippen LogP contribution is -2.39. The molecular weight excluding hydrogens is 295 g/mol. The van der Waals surface area contributed by atoms with Gasteiger partial charge in [-0.15, -0.1) is 0 Å². The van der Waals surface area contributed by atoms with Crippen LogP contribution in [0.3, 0.4) is 0 Å². The Morgan fingerprint density at radius 2 is 1.96 bits per heavy atom. The maximum atomic E-state index is 12.8. The number of halogens is 1. The molecule has 1 aromatic carbocycles. The first-order valence-electron chi connectivity index (χ1n) is 7.74. The molecule has 5 heteroatoms. The predicted octanol–water partition coefficient (Wildman–Crippen LogP) is 2.87. The quantitative estimate of drug-likeness (QED) is 0.813.